The van der Waals surface area contributed by atoms with Crippen LogP contribution >= 0.6 is 0 Å². The Balaban J connectivity index is 1.78. The molecule has 1 atom stereocenters. The van der Waals surface area contributed by atoms with Crippen molar-refractivity contribution < 1.29 is 14.0 Å². The number of ether oxygens (including phenoxy) is 2. The van der Waals surface area contributed by atoms with Gasteiger partial charge >= 0.3 is 0 Å². The topological polar surface area (TPSA) is 69.4 Å². The Morgan fingerprint density at radius 2 is 2.35 bits per heavy atom. The molecule has 1 aliphatic heterocycles. The van der Waals surface area contributed by atoms with Gasteiger partial charge < -0.3 is 19.3 Å². The second kappa shape index (κ2) is 6.68. The van der Waals surface area contributed by atoms with Gasteiger partial charge in [0, 0.05) is 7.11 Å². The van der Waals surface area contributed by atoms with Gasteiger partial charge in [0.15, 0.2) is 5.82 Å². The molecular formula is C11H19N3O3. The van der Waals surface area contributed by atoms with Gasteiger partial charge in [0.1, 0.15) is 6.61 Å². The van der Waals surface area contributed by atoms with Crippen molar-refractivity contribution in [2.75, 3.05) is 26.9 Å². The Morgan fingerprint density at radius 3 is 3.12 bits per heavy atom. The van der Waals surface area contributed by atoms with E-state index in [1.165, 1.54) is 12.8 Å². The zero-order valence-corrected chi connectivity index (χ0v) is 10.1. The Hall–Kier alpha value is -0.980. The maximum atomic E-state index is 5.32. The SMILES string of the molecule is COCCOCc1nc(C2CCCCN2)no1. The second-order valence-electron chi connectivity index (χ2n) is 4.09. The van der Waals surface area contributed by atoms with E-state index < -0.39 is 0 Å². The first-order valence-electron chi connectivity index (χ1n) is 6.02. The average molecular weight is 241 g/mol. The van der Waals surface area contributed by atoms with E-state index in [0.717, 1.165) is 18.8 Å². The van der Waals surface area contributed by atoms with Crippen molar-refractivity contribution in [3.63, 3.8) is 0 Å². The first-order valence-corrected chi connectivity index (χ1v) is 6.02. The summed E-state index contributed by atoms with van der Waals surface area (Å²) in [5.41, 5.74) is 0. The van der Waals surface area contributed by atoms with Gasteiger partial charge in [-0.1, -0.05) is 11.6 Å². The summed E-state index contributed by atoms with van der Waals surface area (Å²) in [5, 5.41) is 7.36. The summed E-state index contributed by atoms with van der Waals surface area (Å²) in [6.07, 6.45) is 3.51. The highest BCUT2D eigenvalue weighted by Gasteiger charge is 2.20. The third kappa shape index (κ3) is 3.76. The standard InChI is InChI=1S/C11H19N3O3/c1-15-6-7-16-8-10-13-11(14-17-10)9-4-2-3-5-12-9/h9,12H,2-8H2,1H3. The zero-order chi connectivity index (χ0) is 11.9. The summed E-state index contributed by atoms with van der Waals surface area (Å²) in [6, 6.07) is 0.236. The minimum Gasteiger partial charge on any atom is -0.382 e. The highest BCUT2D eigenvalue weighted by atomic mass is 16.5. The summed E-state index contributed by atoms with van der Waals surface area (Å²) < 4.78 is 15.3. The number of rotatable bonds is 6. The largest absolute Gasteiger partial charge is 0.382 e. The second-order valence-corrected chi connectivity index (χ2v) is 4.09. The van der Waals surface area contributed by atoms with Crippen LogP contribution in [-0.2, 0) is 16.1 Å². The van der Waals surface area contributed by atoms with Crippen LogP contribution in [0.1, 0.15) is 37.0 Å². The van der Waals surface area contributed by atoms with E-state index in [1.807, 2.05) is 0 Å². The molecule has 2 heterocycles. The van der Waals surface area contributed by atoms with E-state index in [4.69, 9.17) is 14.0 Å². The summed E-state index contributed by atoms with van der Waals surface area (Å²) in [4.78, 5) is 4.33. The smallest absolute Gasteiger partial charge is 0.252 e. The molecule has 6 nitrogen and oxygen atoms in total. The fraction of sp³-hybridized carbons (Fsp3) is 0.818. The molecule has 1 saturated heterocycles. The van der Waals surface area contributed by atoms with Crippen molar-refractivity contribution in [1.29, 1.82) is 0 Å². The highest BCUT2D eigenvalue weighted by Crippen LogP contribution is 2.20. The number of hydrogen-bond donors (Lipinski definition) is 1. The van der Waals surface area contributed by atoms with Crippen LogP contribution < -0.4 is 5.32 Å². The minimum atomic E-state index is 0.236. The lowest BCUT2D eigenvalue weighted by atomic mass is 10.0. The van der Waals surface area contributed by atoms with Crippen molar-refractivity contribution in [1.82, 2.24) is 15.5 Å². The summed E-state index contributed by atoms with van der Waals surface area (Å²) in [7, 11) is 1.64. The maximum absolute atomic E-state index is 5.32. The number of nitrogens with zero attached hydrogens (tertiary/aromatic N) is 2. The number of piperidine rings is 1. The van der Waals surface area contributed by atoms with Gasteiger partial charge in [0.25, 0.3) is 5.89 Å². The van der Waals surface area contributed by atoms with Crippen molar-refractivity contribution in [2.24, 2.45) is 0 Å². The van der Waals surface area contributed by atoms with Gasteiger partial charge in [0.05, 0.1) is 19.3 Å². The molecule has 1 aromatic heterocycles. The van der Waals surface area contributed by atoms with Crippen molar-refractivity contribution in [2.45, 2.75) is 31.9 Å². The third-order valence-corrected chi connectivity index (χ3v) is 2.76. The first-order chi connectivity index (χ1) is 8.40. The monoisotopic (exact) mass is 241 g/mol. The Bertz CT molecular complexity index is 324. The first kappa shape index (κ1) is 12.5. The number of methoxy groups -OCH3 is 1. The lowest BCUT2D eigenvalue weighted by Crippen LogP contribution is -2.27. The molecule has 0 saturated carbocycles. The summed E-state index contributed by atoms with van der Waals surface area (Å²) >= 11 is 0. The highest BCUT2D eigenvalue weighted by molar-refractivity contribution is 4.95. The molecule has 2 rings (SSSR count). The van der Waals surface area contributed by atoms with Crippen LogP contribution in [0.15, 0.2) is 4.52 Å². The number of aromatic nitrogens is 2. The van der Waals surface area contributed by atoms with E-state index >= 15 is 0 Å². The van der Waals surface area contributed by atoms with Gasteiger partial charge in [-0.3, -0.25) is 0 Å². The van der Waals surface area contributed by atoms with Crippen LogP contribution in [0.5, 0.6) is 0 Å². The lowest BCUT2D eigenvalue weighted by Gasteiger charge is -2.19. The van der Waals surface area contributed by atoms with E-state index in [-0.39, 0.29) is 6.04 Å². The van der Waals surface area contributed by atoms with E-state index in [0.29, 0.717) is 25.7 Å². The van der Waals surface area contributed by atoms with E-state index in [2.05, 4.69) is 15.5 Å². The zero-order valence-electron chi connectivity index (χ0n) is 10.1. The molecule has 17 heavy (non-hydrogen) atoms. The van der Waals surface area contributed by atoms with Gasteiger partial charge in [-0.15, -0.1) is 0 Å². The molecular weight excluding hydrogens is 222 g/mol. The van der Waals surface area contributed by atoms with Crippen LogP contribution in [0.2, 0.25) is 0 Å². The van der Waals surface area contributed by atoms with Gasteiger partial charge in [0.2, 0.25) is 0 Å². The summed E-state index contributed by atoms with van der Waals surface area (Å²) in [5.74, 6) is 1.28. The van der Waals surface area contributed by atoms with Crippen LogP contribution in [0, 0.1) is 0 Å². The maximum Gasteiger partial charge on any atom is 0.252 e. The molecule has 0 spiro atoms. The molecule has 0 aromatic carbocycles. The van der Waals surface area contributed by atoms with E-state index in [9.17, 15) is 0 Å². The van der Waals surface area contributed by atoms with Crippen molar-refractivity contribution >= 4 is 0 Å². The molecule has 0 amide bonds. The van der Waals surface area contributed by atoms with Crippen LogP contribution in [0.3, 0.4) is 0 Å². The molecule has 1 N–H and O–H groups in total. The van der Waals surface area contributed by atoms with Crippen LogP contribution in [-0.4, -0.2) is 37.0 Å². The van der Waals surface area contributed by atoms with Crippen LogP contribution in [0.4, 0.5) is 0 Å². The molecule has 1 aromatic rings. The Kier molecular flexibility index (Phi) is 4.90. The van der Waals surface area contributed by atoms with Crippen molar-refractivity contribution in [3.8, 4) is 0 Å². The average Bonchev–Trinajstić information content (AvgIpc) is 2.85. The molecule has 0 aliphatic carbocycles. The molecule has 1 fully saturated rings. The van der Waals surface area contributed by atoms with Crippen molar-refractivity contribution in [3.05, 3.63) is 11.7 Å². The van der Waals surface area contributed by atoms with Gasteiger partial charge in [-0.25, -0.2) is 0 Å². The molecule has 6 heteroatoms. The molecule has 0 bridgehead atoms. The molecule has 1 aliphatic rings. The third-order valence-electron chi connectivity index (χ3n) is 2.76. The molecule has 96 valence electrons. The quantitative estimate of drug-likeness (QED) is 0.751. The Labute approximate surface area is 101 Å². The Morgan fingerprint density at radius 1 is 1.41 bits per heavy atom. The lowest BCUT2D eigenvalue weighted by molar-refractivity contribution is 0.0494. The van der Waals surface area contributed by atoms with Gasteiger partial charge in [-0.05, 0) is 19.4 Å². The fourth-order valence-electron chi connectivity index (χ4n) is 1.84. The fourth-order valence-corrected chi connectivity index (χ4v) is 1.84. The predicted octanol–water partition coefficient (Wildman–Crippen LogP) is 1.05. The normalized spacial score (nSPS) is 20.6. The van der Waals surface area contributed by atoms with E-state index in [1.54, 1.807) is 7.11 Å². The molecule has 0 radical (unpaired) electrons. The summed E-state index contributed by atoms with van der Waals surface area (Å²) in [6.45, 7) is 2.49. The number of hydrogen-bond acceptors (Lipinski definition) is 6. The predicted molar refractivity (Wildman–Crippen MR) is 60.4 cm³/mol. The minimum absolute atomic E-state index is 0.236. The van der Waals surface area contributed by atoms with Crippen LogP contribution in [0.25, 0.3) is 0 Å². The van der Waals surface area contributed by atoms with Gasteiger partial charge in [-0.2, -0.15) is 4.98 Å². The molecule has 1 unspecified atom stereocenters. The number of nitrogens with one attached hydrogen (secondary N) is 1.